The number of ether oxygens (including phenoxy) is 3. The van der Waals surface area contributed by atoms with Crippen LogP contribution in [0.25, 0.3) is 6.08 Å². The van der Waals surface area contributed by atoms with Gasteiger partial charge in [0.1, 0.15) is 12.4 Å². The summed E-state index contributed by atoms with van der Waals surface area (Å²) in [6.07, 6.45) is 1.67. The van der Waals surface area contributed by atoms with E-state index in [1.54, 1.807) is 56.3 Å². The fourth-order valence-electron chi connectivity index (χ4n) is 4.65. The summed E-state index contributed by atoms with van der Waals surface area (Å²) in [5, 5.41) is 0.886. The highest BCUT2D eigenvalue weighted by molar-refractivity contribution is 7.07. The van der Waals surface area contributed by atoms with E-state index in [-0.39, 0.29) is 24.3 Å². The second kappa shape index (κ2) is 12.5. The van der Waals surface area contributed by atoms with Crippen molar-refractivity contribution in [2.75, 3.05) is 13.7 Å². The average molecular weight is 628 g/mol. The minimum atomic E-state index is -0.844. The van der Waals surface area contributed by atoms with E-state index in [1.165, 1.54) is 23.8 Å². The summed E-state index contributed by atoms with van der Waals surface area (Å²) in [5.41, 5.74) is 2.26. The van der Waals surface area contributed by atoms with Crippen molar-refractivity contribution in [1.82, 2.24) is 4.57 Å². The first-order valence-electron chi connectivity index (χ1n) is 12.9. The Morgan fingerprint density at radius 1 is 1.14 bits per heavy atom. The summed E-state index contributed by atoms with van der Waals surface area (Å²) in [4.78, 5) is 31.8. The highest BCUT2D eigenvalue weighted by Gasteiger charge is 2.33. The van der Waals surface area contributed by atoms with E-state index in [2.05, 4.69) is 4.99 Å². The third-order valence-corrected chi connectivity index (χ3v) is 8.02. The monoisotopic (exact) mass is 626 g/mol. The molecule has 7 nitrogen and oxygen atoms in total. The topological polar surface area (TPSA) is 79.1 Å². The molecule has 2 heterocycles. The Hall–Kier alpha value is -3.92. The number of hydrogen-bond acceptors (Lipinski definition) is 7. The molecule has 1 aliphatic heterocycles. The Bertz CT molecular complexity index is 1880. The van der Waals surface area contributed by atoms with E-state index < -0.39 is 17.8 Å². The van der Waals surface area contributed by atoms with Gasteiger partial charge >= 0.3 is 5.97 Å². The number of fused-ring (bicyclic) bond motifs is 1. The summed E-state index contributed by atoms with van der Waals surface area (Å²) >= 11 is 13.8. The van der Waals surface area contributed by atoms with E-state index in [9.17, 15) is 14.0 Å². The summed E-state index contributed by atoms with van der Waals surface area (Å²) in [6, 6.07) is 15.5. The molecule has 0 aliphatic carbocycles. The summed E-state index contributed by atoms with van der Waals surface area (Å²) in [6.45, 7) is 3.76. The van der Waals surface area contributed by atoms with Gasteiger partial charge in [-0.25, -0.2) is 14.2 Å². The number of benzene rings is 3. The van der Waals surface area contributed by atoms with E-state index in [0.29, 0.717) is 47.7 Å². The molecule has 3 aromatic carbocycles. The Balaban J connectivity index is 1.57. The van der Waals surface area contributed by atoms with Crippen molar-refractivity contribution in [3.63, 3.8) is 0 Å². The highest BCUT2D eigenvalue weighted by atomic mass is 35.5. The van der Waals surface area contributed by atoms with Crippen LogP contribution in [0.4, 0.5) is 4.39 Å². The van der Waals surface area contributed by atoms with Crippen LogP contribution in [0.5, 0.6) is 11.5 Å². The normalized spacial score (nSPS) is 14.8. The molecule has 0 radical (unpaired) electrons. The standard InChI is InChI=1S/C31H25Cl2FN2O5S/c1-4-40-30(38)26-17(2)35-31-36(27(26)20-8-10-22(34)11-9-20)29(37)25(42-31)15-19-13-23(33)28(24(14-19)39-3)41-16-18-6-5-7-21(32)12-18/h5-15,27H,4,16H2,1-3H3/b25-15-/t27-/m1/s1. The second-order valence-corrected chi connectivity index (χ2v) is 11.2. The summed E-state index contributed by atoms with van der Waals surface area (Å²) < 4.78 is 32.3. The van der Waals surface area contributed by atoms with E-state index >= 15 is 0 Å². The zero-order chi connectivity index (χ0) is 30.0. The van der Waals surface area contributed by atoms with Gasteiger partial charge in [-0.1, -0.05) is 58.8 Å². The van der Waals surface area contributed by atoms with Crippen molar-refractivity contribution in [3.8, 4) is 11.5 Å². The fourth-order valence-corrected chi connectivity index (χ4v) is 6.18. The van der Waals surface area contributed by atoms with Gasteiger partial charge in [-0.05, 0) is 73.0 Å². The molecule has 0 fully saturated rings. The predicted octanol–water partition coefficient (Wildman–Crippen LogP) is 5.83. The number of aromatic nitrogens is 1. The SMILES string of the molecule is CCOC(=O)C1=C(C)N=c2s/c(=C\c3cc(Cl)c(OCc4cccc(Cl)c4)c(OC)c3)c(=O)n2[C@@H]1c1ccc(F)cc1. The van der Waals surface area contributed by atoms with Crippen molar-refractivity contribution in [1.29, 1.82) is 0 Å². The molecule has 0 amide bonds. The first kappa shape index (κ1) is 29.6. The molecule has 1 aliphatic rings. The molecular formula is C31H25Cl2FN2O5S. The Labute approximate surface area is 254 Å². The number of esters is 1. The fraction of sp³-hybridized carbons (Fsp3) is 0.194. The summed E-state index contributed by atoms with van der Waals surface area (Å²) in [7, 11) is 1.50. The quantitative estimate of drug-likeness (QED) is 0.230. The lowest BCUT2D eigenvalue weighted by atomic mass is 9.96. The van der Waals surface area contributed by atoms with Crippen molar-refractivity contribution in [2.45, 2.75) is 26.5 Å². The zero-order valence-electron chi connectivity index (χ0n) is 22.8. The first-order chi connectivity index (χ1) is 20.2. The molecule has 0 saturated carbocycles. The van der Waals surface area contributed by atoms with Gasteiger partial charge in [0.15, 0.2) is 16.3 Å². The molecule has 1 atom stereocenters. The van der Waals surface area contributed by atoms with E-state index in [0.717, 1.165) is 16.9 Å². The first-order valence-corrected chi connectivity index (χ1v) is 14.5. The molecule has 0 spiro atoms. The van der Waals surface area contributed by atoms with E-state index in [4.69, 9.17) is 37.4 Å². The van der Waals surface area contributed by atoms with Crippen LogP contribution in [0.2, 0.25) is 10.0 Å². The van der Waals surface area contributed by atoms with E-state index in [1.807, 2.05) is 12.1 Å². The van der Waals surface area contributed by atoms with Gasteiger partial charge in [0.25, 0.3) is 5.56 Å². The molecule has 0 unspecified atom stereocenters. The molecule has 0 bridgehead atoms. The number of hydrogen-bond donors (Lipinski definition) is 0. The van der Waals surface area contributed by atoms with Gasteiger partial charge in [-0.3, -0.25) is 9.36 Å². The summed E-state index contributed by atoms with van der Waals surface area (Å²) in [5.74, 6) is -0.292. The Morgan fingerprint density at radius 2 is 1.90 bits per heavy atom. The molecule has 216 valence electrons. The number of rotatable bonds is 8. The lowest BCUT2D eigenvalue weighted by Gasteiger charge is -2.24. The van der Waals surface area contributed by atoms with Crippen LogP contribution in [-0.4, -0.2) is 24.3 Å². The van der Waals surface area contributed by atoms with Crippen LogP contribution < -0.4 is 24.4 Å². The van der Waals surface area contributed by atoms with Crippen LogP contribution in [0.15, 0.2) is 81.7 Å². The van der Waals surface area contributed by atoms with Gasteiger partial charge in [0, 0.05) is 5.02 Å². The molecule has 11 heteroatoms. The van der Waals surface area contributed by atoms with Gasteiger partial charge in [0.2, 0.25) is 0 Å². The number of halogens is 3. The van der Waals surface area contributed by atoms with Crippen molar-refractivity contribution in [3.05, 3.63) is 124 Å². The van der Waals surface area contributed by atoms with Gasteiger partial charge < -0.3 is 14.2 Å². The number of methoxy groups -OCH3 is 1. The molecule has 0 saturated heterocycles. The lowest BCUT2D eigenvalue weighted by molar-refractivity contribution is -0.139. The second-order valence-electron chi connectivity index (χ2n) is 9.31. The average Bonchev–Trinajstić information content (AvgIpc) is 3.26. The van der Waals surface area contributed by atoms with Gasteiger partial charge in [0.05, 0.1) is 40.6 Å². The molecule has 0 N–H and O–H groups in total. The molecule has 42 heavy (non-hydrogen) atoms. The Kier molecular flexibility index (Phi) is 8.82. The van der Waals surface area contributed by atoms with Crippen molar-refractivity contribution >= 4 is 46.6 Å². The van der Waals surface area contributed by atoms with Gasteiger partial charge in [-0.15, -0.1) is 0 Å². The number of nitrogens with zero attached hydrogens (tertiary/aromatic N) is 2. The molecule has 1 aromatic heterocycles. The van der Waals surface area contributed by atoms with Crippen molar-refractivity contribution in [2.24, 2.45) is 4.99 Å². The van der Waals surface area contributed by atoms with Crippen LogP contribution in [0.1, 0.15) is 36.6 Å². The predicted molar refractivity (Wildman–Crippen MR) is 161 cm³/mol. The van der Waals surface area contributed by atoms with Crippen molar-refractivity contribution < 1.29 is 23.4 Å². The highest BCUT2D eigenvalue weighted by Crippen LogP contribution is 2.37. The maximum absolute atomic E-state index is 13.8. The third-order valence-electron chi connectivity index (χ3n) is 6.52. The molecule has 5 rings (SSSR count). The van der Waals surface area contributed by atoms with Crippen LogP contribution in [-0.2, 0) is 16.1 Å². The minimum absolute atomic E-state index is 0.150. The van der Waals surface area contributed by atoms with Crippen LogP contribution >= 0.6 is 34.5 Å². The Morgan fingerprint density at radius 3 is 2.60 bits per heavy atom. The lowest BCUT2D eigenvalue weighted by Crippen LogP contribution is -2.39. The molecular weight excluding hydrogens is 602 g/mol. The van der Waals surface area contributed by atoms with Crippen LogP contribution in [0, 0.1) is 5.82 Å². The number of allylic oxidation sites excluding steroid dienone is 1. The smallest absolute Gasteiger partial charge is 0.338 e. The largest absolute Gasteiger partial charge is 0.493 e. The molecule has 4 aromatic rings. The third kappa shape index (κ3) is 5.99. The number of carbonyl (C=O) groups is 1. The maximum Gasteiger partial charge on any atom is 0.338 e. The maximum atomic E-state index is 13.8. The minimum Gasteiger partial charge on any atom is -0.493 e. The number of carbonyl (C=O) groups excluding carboxylic acids is 1. The number of thiazole rings is 1. The zero-order valence-corrected chi connectivity index (χ0v) is 25.1. The van der Waals surface area contributed by atoms with Gasteiger partial charge in [-0.2, -0.15) is 0 Å². The van der Waals surface area contributed by atoms with Crippen LogP contribution in [0.3, 0.4) is 0 Å².